The molecule has 0 aliphatic heterocycles. The average Bonchev–Trinajstić information content (AvgIpc) is 2.63. The van der Waals surface area contributed by atoms with Crippen LogP contribution in [0.5, 0.6) is 0 Å². The quantitative estimate of drug-likeness (QED) is 0.781. The minimum absolute atomic E-state index is 0.301. The molecule has 2 heterocycles. The van der Waals surface area contributed by atoms with Crippen molar-refractivity contribution in [1.82, 2.24) is 14.5 Å². The molecule has 2 rings (SSSR count). The van der Waals surface area contributed by atoms with Crippen LogP contribution in [0.15, 0.2) is 18.3 Å². The highest BCUT2D eigenvalue weighted by Gasteiger charge is 2.14. The summed E-state index contributed by atoms with van der Waals surface area (Å²) in [6.45, 7) is 7.62. The first-order valence-corrected chi connectivity index (χ1v) is 6.41. The zero-order valence-electron chi connectivity index (χ0n) is 10.6. The monoisotopic (exact) mass is 251 g/mol. The van der Waals surface area contributed by atoms with Crippen LogP contribution in [-0.2, 0) is 12.4 Å². The first-order chi connectivity index (χ1) is 8.01. The molecule has 0 saturated carbocycles. The zero-order chi connectivity index (χ0) is 12.5. The van der Waals surface area contributed by atoms with E-state index in [1.54, 1.807) is 6.20 Å². The molecule has 0 atom stereocenters. The fraction of sp³-hybridized carbons (Fsp3) is 0.538. The van der Waals surface area contributed by atoms with Crippen molar-refractivity contribution >= 4 is 22.8 Å². The van der Waals surface area contributed by atoms with E-state index in [1.807, 2.05) is 12.1 Å². The Morgan fingerprint density at radius 3 is 2.76 bits per heavy atom. The molecule has 2 aromatic rings. The molecule has 4 heteroatoms. The fourth-order valence-electron chi connectivity index (χ4n) is 1.79. The molecule has 0 spiro atoms. The summed E-state index contributed by atoms with van der Waals surface area (Å²) in [7, 11) is 0. The molecule has 0 unspecified atom stereocenters. The Bertz CT molecular complexity index is 511. The maximum absolute atomic E-state index is 5.94. The number of aryl methyl sites for hydroxylation is 1. The van der Waals surface area contributed by atoms with Gasteiger partial charge in [0.25, 0.3) is 0 Å². The molecular weight excluding hydrogens is 234 g/mol. The van der Waals surface area contributed by atoms with E-state index in [1.165, 1.54) is 0 Å². The average molecular weight is 252 g/mol. The number of nitrogens with zero attached hydrogens (tertiary/aromatic N) is 3. The van der Waals surface area contributed by atoms with Crippen LogP contribution >= 0.6 is 11.6 Å². The minimum Gasteiger partial charge on any atom is -0.312 e. The van der Waals surface area contributed by atoms with Gasteiger partial charge in [-0.25, -0.2) is 9.97 Å². The molecule has 0 fully saturated rings. The predicted octanol–water partition coefficient (Wildman–Crippen LogP) is 3.61. The highest BCUT2D eigenvalue weighted by atomic mass is 35.5. The first-order valence-electron chi connectivity index (χ1n) is 5.87. The van der Waals surface area contributed by atoms with E-state index in [0.29, 0.717) is 11.3 Å². The van der Waals surface area contributed by atoms with E-state index in [0.717, 1.165) is 30.0 Å². The van der Waals surface area contributed by atoms with Crippen LogP contribution < -0.4 is 0 Å². The molecule has 0 aliphatic rings. The number of halogens is 1. The molecule has 0 radical (unpaired) electrons. The second-order valence-corrected chi connectivity index (χ2v) is 5.74. The van der Waals surface area contributed by atoms with Gasteiger partial charge in [-0.3, -0.25) is 0 Å². The van der Waals surface area contributed by atoms with Crippen molar-refractivity contribution < 1.29 is 0 Å². The molecule has 3 nitrogen and oxygen atoms in total. The molecule has 0 N–H and O–H groups in total. The lowest BCUT2D eigenvalue weighted by Crippen LogP contribution is -2.12. The van der Waals surface area contributed by atoms with Crippen LogP contribution in [0, 0.1) is 5.41 Å². The summed E-state index contributed by atoms with van der Waals surface area (Å²) in [4.78, 5) is 8.89. The summed E-state index contributed by atoms with van der Waals surface area (Å²) < 4.78 is 2.13. The van der Waals surface area contributed by atoms with Crippen LogP contribution in [0.3, 0.4) is 0 Å². The van der Waals surface area contributed by atoms with E-state index < -0.39 is 0 Å². The van der Waals surface area contributed by atoms with Gasteiger partial charge in [0, 0.05) is 12.7 Å². The predicted molar refractivity (Wildman–Crippen MR) is 71.2 cm³/mol. The van der Waals surface area contributed by atoms with Crippen molar-refractivity contribution in [3.63, 3.8) is 0 Å². The summed E-state index contributed by atoms with van der Waals surface area (Å²) in [6.07, 6.45) is 2.88. The van der Waals surface area contributed by atoms with Gasteiger partial charge in [-0.2, -0.15) is 0 Å². The van der Waals surface area contributed by atoms with Gasteiger partial charge < -0.3 is 4.57 Å². The van der Waals surface area contributed by atoms with Crippen LogP contribution in [0.2, 0.25) is 0 Å². The van der Waals surface area contributed by atoms with E-state index in [9.17, 15) is 0 Å². The normalized spacial score (nSPS) is 12.2. The summed E-state index contributed by atoms with van der Waals surface area (Å²) >= 11 is 5.94. The Labute approximate surface area is 107 Å². The summed E-state index contributed by atoms with van der Waals surface area (Å²) in [5.74, 6) is 1.34. The summed E-state index contributed by atoms with van der Waals surface area (Å²) in [5, 5.41) is 0. The lowest BCUT2D eigenvalue weighted by molar-refractivity contribution is 0.350. The van der Waals surface area contributed by atoms with Gasteiger partial charge in [0.1, 0.15) is 11.3 Å². The highest BCUT2D eigenvalue weighted by Crippen LogP contribution is 2.22. The number of aromatic nitrogens is 3. The third-order valence-corrected chi connectivity index (χ3v) is 3.03. The minimum atomic E-state index is 0.301. The van der Waals surface area contributed by atoms with Crippen LogP contribution in [-0.4, -0.2) is 14.5 Å². The van der Waals surface area contributed by atoms with Crippen molar-refractivity contribution in [3.05, 3.63) is 24.2 Å². The van der Waals surface area contributed by atoms with E-state index in [2.05, 4.69) is 35.3 Å². The summed E-state index contributed by atoms with van der Waals surface area (Å²) in [6, 6.07) is 3.88. The molecular formula is C13H18ClN3. The Kier molecular flexibility index (Phi) is 3.38. The third-order valence-electron chi connectivity index (χ3n) is 2.79. The number of alkyl halides is 1. The fourth-order valence-corrected chi connectivity index (χ4v) is 1.99. The number of imidazole rings is 1. The second-order valence-electron chi connectivity index (χ2n) is 5.47. The maximum atomic E-state index is 5.94. The van der Waals surface area contributed by atoms with Crippen molar-refractivity contribution in [2.24, 2.45) is 5.41 Å². The molecule has 0 amide bonds. The molecule has 2 aromatic heterocycles. The van der Waals surface area contributed by atoms with Crippen molar-refractivity contribution in [2.75, 3.05) is 0 Å². The SMILES string of the molecule is CC(C)(C)CCn1c(CCl)nc2cccnc21. The van der Waals surface area contributed by atoms with Gasteiger partial charge in [-0.05, 0) is 24.0 Å². The van der Waals surface area contributed by atoms with E-state index >= 15 is 0 Å². The Balaban J connectivity index is 2.37. The number of hydrogen-bond donors (Lipinski definition) is 0. The Hall–Kier alpha value is -1.09. The van der Waals surface area contributed by atoms with Gasteiger partial charge >= 0.3 is 0 Å². The maximum Gasteiger partial charge on any atom is 0.160 e. The molecule has 0 aliphatic carbocycles. The molecule has 0 saturated heterocycles. The zero-order valence-corrected chi connectivity index (χ0v) is 11.3. The largest absolute Gasteiger partial charge is 0.312 e. The number of rotatable bonds is 3. The summed E-state index contributed by atoms with van der Waals surface area (Å²) in [5.41, 5.74) is 2.17. The van der Waals surface area contributed by atoms with Gasteiger partial charge in [0.15, 0.2) is 5.65 Å². The number of pyridine rings is 1. The van der Waals surface area contributed by atoms with Crippen LogP contribution in [0.1, 0.15) is 33.0 Å². The van der Waals surface area contributed by atoms with Crippen molar-refractivity contribution in [3.8, 4) is 0 Å². The lowest BCUT2D eigenvalue weighted by atomic mass is 9.92. The Morgan fingerprint density at radius 1 is 1.35 bits per heavy atom. The molecule has 17 heavy (non-hydrogen) atoms. The number of fused-ring (bicyclic) bond motifs is 1. The topological polar surface area (TPSA) is 30.7 Å². The standard InChI is InChI=1S/C13H18ClN3/c1-13(2,3)6-8-17-11(9-14)16-10-5-4-7-15-12(10)17/h4-5,7H,6,8-9H2,1-3H3. The van der Waals surface area contributed by atoms with E-state index in [4.69, 9.17) is 11.6 Å². The first kappa shape index (κ1) is 12.4. The highest BCUT2D eigenvalue weighted by molar-refractivity contribution is 6.16. The smallest absolute Gasteiger partial charge is 0.160 e. The molecule has 0 bridgehead atoms. The van der Waals surface area contributed by atoms with Gasteiger partial charge in [-0.15, -0.1) is 11.6 Å². The molecule has 92 valence electrons. The molecule has 0 aromatic carbocycles. The Morgan fingerprint density at radius 2 is 2.12 bits per heavy atom. The third kappa shape index (κ3) is 2.78. The number of hydrogen-bond acceptors (Lipinski definition) is 2. The van der Waals surface area contributed by atoms with Crippen molar-refractivity contribution in [2.45, 2.75) is 39.6 Å². The lowest BCUT2D eigenvalue weighted by Gasteiger charge is -2.19. The van der Waals surface area contributed by atoms with E-state index in [-0.39, 0.29) is 0 Å². The van der Waals surface area contributed by atoms with Crippen LogP contribution in [0.4, 0.5) is 0 Å². The van der Waals surface area contributed by atoms with Gasteiger partial charge in [0.05, 0.1) is 5.88 Å². The van der Waals surface area contributed by atoms with Crippen molar-refractivity contribution in [1.29, 1.82) is 0 Å². The second kappa shape index (κ2) is 4.65. The van der Waals surface area contributed by atoms with Gasteiger partial charge in [-0.1, -0.05) is 20.8 Å². The van der Waals surface area contributed by atoms with Crippen LogP contribution in [0.25, 0.3) is 11.2 Å². The van der Waals surface area contributed by atoms with Gasteiger partial charge in [0.2, 0.25) is 0 Å².